The zero-order valence-corrected chi connectivity index (χ0v) is 38.8. The van der Waals surface area contributed by atoms with Crippen LogP contribution in [0.2, 0.25) is 30.1 Å². The molecule has 3 aromatic carbocycles. The van der Waals surface area contributed by atoms with Crippen LogP contribution in [0, 0.1) is 0 Å². The van der Waals surface area contributed by atoms with Crippen molar-refractivity contribution >= 4 is 115 Å². The van der Waals surface area contributed by atoms with E-state index in [9.17, 15) is 9.59 Å². The molecule has 0 radical (unpaired) electrons. The number of ether oxygens (including phenoxy) is 3. The van der Waals surface area contributed by atoms with Crippen molar-refractivity contribution in [1.29, 1.82) is 0 Å². The normalized spacial score (nSPS) is 10.1. The van der Waals surface area contributed by atoms with E-state index < -0.39 is 0 Å². The van der Waals surface area contributed by atoms with Crippen LogP contribution in [0.3, 0.4) is 0 Å². The maximum absolute atomic E-state index is 11.7. The number of unbranched alkanes of at least 4 members (excludes halogenated alkanes) is 2. The van der Waals surface area contributed by atoms with Gasteiger partial charge in [-0.25, -0.2) is 5.90 Å². The molecule has 3 rings (SSSR count). The molecule has 0 spiro atoms. The molecule has 9 nitrogen and oxygen atoms in total. The molecule has 0 aliphatic carbocycles. The minimum atomic E-state index is -0.0106. The number of nitrogens with zero attached hydrogens (tertiary/aromatic N) is 1. The molecule has 2 N–H and O–H groups in total. The highest BCUT2D eigenvalue weighted by Gasteiger charge is 2.09. The largest absolute Gasteiger partial charge is 0.399 e. The Kier molecular flexibility index (Phi) is 40.5. The molecule has 3 aromatic rings. The summed E-state index contributed by atoms with van der Waals surface area (Å²) >= 11 is 38.1. The minimum absolute atomic E-state index is 0. The predicted molar refractivity (Wildman–Crippen MR) is 237 cm³/mol. The number of hydrogen-bond acceptors (Lipinski definition) is 9. The average molecular weight is 977 g/mol. The highest BCUT2D eigenvalue weighted by atomic mass is 79.9. The van der Waals surface area contributed by atoms with Gasteiger partial charge >= 0.3 is 0 Å². The first-order valence-electron chi connectivity index (χ1n) is 16.5. The van der Waals surface area contributed by atoms with Crippen LogP contribution in [0.1, 0.15) is 78.1 Å². The van der Waals surface area contributed by atoms with Crippen molar-refractivity contribution in [2.45, 2.75) is 51.9 Å². The standard InChI is InChI=1S/C13H17Cl2NO2.C12H14Cl2O2.C8H6Cl2O.C4H9BrO.CH5NO.ClH/c1-17-8-4-3-5-13(16-18-2)10-6-7-11(14)12(15)9-10;1-16-7-3-2-4-12(15)9-5-6-10(13)11(14)8-9;1-5(11)6-2-3-7(9)8(10)4-6;1-6-4-2-3-5;1-3-2;/h6-7,9H,3-5,8H2,1-2H3;5-6,8H,2-4,7H2,1H3;2-4H,1H3;2-4H2,1H3;2H2,1H3;1H. The lowest BCUT2D eigenvalue weighted by atomic mass is 10.0. The molecule has 0 fully saturated rings. The van der Waals surface area contributed by atoms with Crippen molar-refractivity contribution in [3.05, 3.63) is 101 Å². The Morgan fingerprint density at radius 2 is 0.982 bits per heavy atom. The first-order chi connectivity index (χ1) is 25.8. The number of Topliss-reactive ketones (excluding diaryl/α,β-unsaturated/α-hetero) is 2. The van der Waals surface area contributed by atoms with Gasteiger partial charge in [0.2, 0.25) is 0 Å². The third-order valence-corrected chi connectivity index (χ3v) is 9.30. The molecule has 0 unspecified atom stereocenters. The summed E-state index contributed by atoms with van der Waals surface area (Å²) in [4.78, 5) is 31.2. The average Bonchev–Trinajstić information content (AvgIpc) is 3.15. The zero-order valence-electron chi connectivity index (χ0n) is 31.9. The summed E-state index contributed by atoms with van der Waals surface area (Å²) in [6, 6.07) is 15.2. The Hall–Kier alpha value is -1.22. The fraction of sp³-hybridized carbons (Fsp3) is 0.447. The maximum atomic E-state index is 11.7. The van der Waals surface area contributed by atoms with Crippen molar-refractivity contribution in [3.8, 4) is 0 Å². The minimum Gasteiger partial charge on any atom is -0.399 e. The van der Waals surface area contributed by atoms with Gasteiger partial charge in [-0.2, -0.15) is 0 Å². The van der Waals surface area contributed by atoms with Gasteiger partial charge in [-0.3, -0.25) is 9.59 Å². The van der Waals surface area contributed by atoms with Gasteiger partial charge in [-0.15, -0.1) is 12.4 Å². The van der Waals surface area contributed by atoms with Gasteiger partial charge in [0.05, 0.1) is 43.0 Å². The molecule has 0 aromatic heterocycles. The molecule has 312 valence electrons. The Labute approximate surface area is 371 Å². The van der Waals surface area contributed by atoms with Crippen LogP contribution >= 0.6 is 97.9 Å². The van der Waals surface area contributed by atoms with E-state index in [4.69, 9.17) is 88.7 Å². The number of ketones is 2. The lowest BCUT2D eigenvalue weighted by Crippen LogP contribution is -2.03. The van der Waals surface area contributed by atoms with Gasteiger partial charge in [0.15, 0.2) is 11.6 Å². The fourth-order valence-corrected chi connectivity index (χ4v) is 4.95. The zero-order chi connectivity index (χ0) is 41.3. The van der Waals surface area contributed by atoms with Crippen LogP contribution in [0.5, 0.6) is 0 Å². The molecule has 0 saturated carbocycles. The van der Waals surface area contributed by atoms with E-state index in [0.29, 0.717) is 54.3 Å². The third-order valence-electron chi connectivity index (χ3n) is 6.52. The molecule has 0 heterocycles. The quantitative estimate of drug-likeness (QED) is 0.0467. The summed E-state index contributed by atoms with van der Waals surface area (Å²) in [5.41, 5.74) is 3.00. The highest BCUT2D eigenvalue weighted by molar-refractivity contribution is 9.09. The molecule has 55 heavy (non-hydrogen) atoms. The molecule has 0 aliphatic rings. The van der Waals surface area contributed by atoms with Gasteiger partial charge in [-0.1, -0.05) is 96.8 Å². The van der Waals surface area contributed by atoms with Gasteiger partial charge < -0.3 is 23.9 Å². The van der Waals surface area contributed by atoms with Crippen molar-refractivity contribution in [1.82, 2.24) is 0 Å². The Morgan fingerprint density at radius 1 is 0.600 bits per heavy atom. The monoisotopic (exact) mass is 972 g/mol. The van der Waals surface area contributed by atoms with E-state index in [1.165, 1.54) is 21.1 Å². The van der Waals surface area contributed by atoms with Crippen molar-refractivity contribution in [2.75, 3.05) is 60.7 Å². The van der Waals surface area contributed by atoms with E-state index in [-0.39, 0.29) is 24.0 Å². The summed E-state index contributed by atoms with van der Waals surface area (Å²) in [7, 11) is 8.00. The molecule has 0 aliphatic heterocycles. The number of rotatable bonds is 17. The Balaban J connectivity index is -0.000000669. The molecule has 0 amide bonds. The number of oxime groups is 1. The Morgan fingerprint density at radius 3 is 1.36 bits per heavy atom. The van der Waals surface area contributed by atoms with Crippen molar-refractivity contribution in [3.63, 3.8) is 0 Å². The SMILES string of the molecule is CC(=O)c1ccc(Cl)c(Cl)c1.COCCCBr.COCCCCC(=NOC)c1ccc(Cl)c(Cl)c1.COCCCCC(=O)c1ccc(Cl)c(Cl)c1.CON.Cl. The van der Waals surface area contributed by atoms with E-state index in [1.54, 1.807) is 69.9 Å². The van der Waals surface area contributed by atoms with Crippen LogP contribution in [0.4, 0.5) is 0 Å². The summed E-state index contributed by atoms with van der Waals surface area (Å²) in [5.74, 6) is 4.43. The second kappa shape index (κ2) is 38.3. The molecule has 0 atom stereocenters. The summed E-state index contributed by atoms with van der Waals surface area (Å²) in [5, 5.41) is 7.92. The second-order valence-corrected chi connectivity index (χ2v) is 14.0. The number of carbonyl (C=O) groups excluding carboxylic acids is 2. The van der Waals surface area contributed by atoms with Gasteiger partial charge in [0.25, 0.3) is 0 Å². The first kappa shape index (κ1) is 58.1. The third kappa shape index (κ3) is 29.6. The van der Waals surface area contributed by atoms with Gasteiger partial charge in [0.1, 0.15) is 7.11 Å². The summed E-state index contributed by atoms with van der Waals surface area (Å²) in [6.07, 6.45) is 6.13. The molecule has 0 saturated heterocycles. The molecular weight excluding hydrogens is 924 g/mol. The van der Waals surface area contributed by atoms with Crippen LogP contribution in [0.25, 0.3) is 0 Å². The van der Waals surface area contributed by atoms with Crippen LogP contribution in [-0.2, 0) is 23.9 Å². The highest BCUT2D eigenvalue weighted by Crippen LogP contribution is 2.25. The molecular formula is C38H52BrCl7N2O7. The number of carbonyl (C=O) groups is 2. The summed E-state index contributed by atoms with van der Waals surface area (Å²) in [6.45, 7) is 3.79. The Bertz CT molecular complexity index is 1500. The lowest BCUT2D eigenvalue weighted by molar-refractivity contribution is 0.0973. The van der Waals surface area contributed by atoms with Crippen molar-refractivity contribution < 1.29 is 33.5 Å². The second-order valence-electron chi connectivity index (χ2n) is 10.8. The van der Waals surface area contributed by atoms with E-state index in [1.807, 2.05) is 6.07 Å². The molecule has 0 bridgehead atoms. The predicted octanol–water partition coefficient (Wildman–Crippen LogP) is 12.7. The van der Waals surface area contributed by atoms with E-state index >= 15 is 0 Å². The van der Waals surface area contributed by atoms with Crippen LogP contribution < -0.4 is 5.90 Å². The number of benzene rings is 3. The topological polar surface area (TPSA) is 119 Å². The van der Waals surface area contributed by atoms with Crippen LogP contribution in [0.15, 0.2) is 59.8 Å². The van der Waals surface area contributed by atoms with Crippen molar-refractivity contribution in [2.24, 2.45) is 11.1 Å². The number of methoxy groups -OCH3 is 3. The smallest absolute Gasteiger partial charge is 0.162 e. The number of nitrogens with two attached hydrogens (primary N) is 1. The lowest BCUT2D eigenvalue weighted by Gasteiger charge is -2.07. The first-order valence-corrected chi connectivity index (χ1v) is 19.9. The number of hydrogen-bond donors (Lipinski definition) is 1. The van der Waals surface area contributed by atoms with E-state index in [0.717, 1.165) is 68.3 Å². The van der Waals surface area contributed by atoms with Gasteiger partial charge in [0, 0.05) is 69.6 Å². The number of halogens is 8. The van der Waals surface area contributed by atoms with E-state index in [2.05, 4.69) is 31.8 Å². The van der Waals surface area contributed by atoms with Crippen LogP contribution in [-0.4, -0.2) is 78.0 Å². The maximum Gasteiger partial charge on any atom is 0.162 e. The fourth-order valence-electron chi connectivity index (χ4n) is 3.83. The number of alkyl halides is 1. The van der Waals surface area contributed by atoms with Gasteiger partial charge in [-0.05, 0) is 94.0 Å². The summed E-state index contributed by atoms with van der Waals surface area (Å²) < 4.78 is 14.7. The molecule has 17 heteroatoms.